The Kier molecular flexibility index (Phi) is 1.84. The summed E-state index contributed by atoms with van der Waals surface area (Å²) in [7, 11) is 0. The summed E-state index contributed by atoms with van der Waals surface area (Å²) in [5.74, 6) is 1.77. The molecule has 2 bridgehead atoms. The number of nitrogens with one attached hydrogen (secondary N) is 1. The van der Waals surface area contributed by atoms with Crippen LogP contribution in [0, 0.1) is 11.8 Å². The SMILES string of the molecule is O=C1CC2CCCC(CN1)C2. The quantitative estimate of drug-likeness (QED) is 0.558. The lowest BCUT2D eigenvalue weighted by molar-refractivity contribution is -0.121. The van der Waals surface area contributed by atoms with Crippen LogP contribution >= 0.6 is 0 Å². The molecule has 2 rings (SSSR count). The first-order valence-corrected chi connectivity index (χ1v) is 4.61. The molecule has 0 aromatic rings. The molecular weight excluding hydrogens is 138 g/mol. The number of hydrogen-bond acceptors (Lipinski definition) is 1. The second-order valence-electron chi connectivity index (χ2n) is 3.91. The maximum atomic E-state index is 11.1. The number of amides is 1. The van der Waals surface area contributed by atoms with E-state index in [0.29, 0.717) is 5.92 Å². The van der Waals surface area contributed by atoms with Gasteiger partial charge in [-0.25, -0.2) is 0 Å². The Bertz CT molecular complexity index is 167. The third-order valence-electron chi connectivity index (χ3n) is 2.95. The molecule has 1 N–H and O–H groups in total. The summed E-state index contributed by atoms with van der Waals surface area (Å²) in [4.78, 5) is 11.1. The number of fused-ring (bicyclic) bond motifs is 2. The highest BCUT2D eigenvalue weighted by Gasteiger charge is 2.27. The predicted octanol–water partition coefficient (Wildman–Crippen LogP) is 1.31. The van der Waals surface area contributed by atoms with Gasteiger partial charge in [-0.2, -0.15) is 0 Å². The van der Waals surface area contributed by atoms with Gasteiger partial charge in [-0.05, 0) is 31.1 Å². The van der Waals surface area contributed by atoms with Crippen LogP contribution in [0.3, 0.4) is 0 Å². The van der Waals surface area contributed by atoms with Gasteiger partial charge in [0, 0.05) is 13.0 Å². The molecule has 2 atom stereocenters. The second kappa shape index (κ2) is 2.84. The maximum absolute atomic E-state index is 11.1. The minimum Gasteiger partial charge on any atom is -0.356 e. The Morgan fingerprint density at radius 3 is 3.00 bits per heavy atom. The highest BCUT2D eigenvalue weighted by molar-refractivity contribution is 5.76. The van der Waals surface area contributed by atoms with Crippen molar-refractivity contribution in [3.05, 3.63) is 0 Å². The van der Waals surface area contributed by atoms with Crippen LogP contribution in [0.15, 0.2) is 0 Å². The molecular formula is C9H15NO. The van der Waals surface area contributed by atoms with Gasteiger partial charge in [0.2, 0.25) is 5.91 Å². The Morgan fingerprint density at radius 1 is 1.27 bits per heavy atom. The molecule has 1 saturated carbocycles. The summed E-state index contributed by atoms with van der Waals surface area (Å²) in [6.07, 6.45) is 6.03. The van der Waals surface area contributed by atoms with E-state index in [4.69, 9.17) is 0 Å². The molecule has 0 aromatic carbocycles. The van der Waals surface area contributed by atoms with Crippen LogP contribution in [0.4, 0.5) is 0 Å². The third kappa shape index (κ3) is 1.55. The van der Waals surface area contributed by atoms with Gasteiger partial charge in [0.25, 0.3) is 0 Å². The first-order valence-electron chi connectivity index (χ1n) is 4.61. The first kappa shape index (κ1) is 7.14. The van der Waals surface area contributed by atoms with E-state index >= 15 is 0 Å². The van der Waals surface area contributed by atoms with Gasteiger partial charge < -0.3 is 5.32 Å². The van der Waals surface area contributed by atoms with Crippen LogP contribution in [-0.2, 0) is 4.79 Å². The van der Waals surface area contributed by atoms with Crippen molar-refractivity contribution in [2.24, 2.45) is 11.8 Å². The Labute approximate surface area is 67.4 Å². The average molecular weight is 153 g/mol. The van der Waals surface area contributed by atoms with E-state index < -0.39 is 0 Å². The van der Waals surface area contributed by atoms with Gasteiger partial charge >= 0.3 is 0 Å². The molecule has 2 aliphatic rings. The fraction of sp³-hybridized carbons (Fsp3) is 0.889. The van der Waals surface area contributed by atoms with Crippen LogP contribution in [0.1, 0.15) is 32.1 Å². The zero-order chi connectivity index (χ0) is 7.68. The molecule has 1 heterocycles. The van der Waals surface area contributed by atoms with Crippen molar-refractivity contribution in [1.82, 2.24) is 5.32 Å². The fourth-order valence-corrected chi connectivity index (χ4v) is 2.37. The van der Waals surface area contributed by atoms with Crippen molar-refractivity contribution in [3.8, 4) is 0 Å². The fourth-order valence-electron chi connectivity index (χ4n) is 2.37. The lowest BCUT2D eigenvalue weighted by Crippen LogP contribution is -2.25. The molecule has 1 aliphatic heterocycles. The average Bonchev–Trinajstić information content (AvgIpc) is 2.12. The zero-order valence-corrected chi connectivity index (χ0v) is 6.81. The largest absolute Gasteiger partial charge is 0.356 e. The monoisotopic (exact) mass is 153 g/mol. The molecule has 2 heteroatoms. The summed E-state index contributed by atoms with van der Waals surface area (Å²) in [6, 6.07) is 0. The Balaban J connectivity index is 2.04. The molecule has 62 valence electrons. The normalized spacial score (nSPS) is 37.6. The zero-order valence-electron chi connectivity index (χ0n) is 6.81. The number of hydrogen-bond donors (Lipinski definition) is 1. The van der Waals surface area contributed by atoms with E-state index in [2.05, 4.69) is 5.32 Å². The standard InChI is InChI=1S/C9H15NO/c11-9-5-7-2-1-3-8(4-7)6-10-9/h7-8H,1-6H2,(H,10,11). The highest BCUT2D eigenvalue weighted by atomic mass is 16.1. The van der Waals surface area contributed by atoms with E-state index in [0.717, 1.165) is 18.9 Å². The predicted molar refractivity (Wildman–Crippen MR) is 43.1 cm³/mol. The number of carbonyl (C=O) groups excluding carboxylic acids is 1. The summed E-state index contributed by atoms with van der Waals surface area (Å²) in [5.41, 5.74) is 0. The van der Waals surface area contributed by atoms with Crippen LogP contribution in [0.2, 0.25) is 0 Å². The van der Waals surface area contributed by atoms with Crippen LogP contribution in [0.5, 0.6) is 0 Å². The van der Waals surface area contributed by atoms with E-state index in [1.54, 1.807) is 0 Å². The van der Waals surface area contributed by atoms with Gasteiger partial charge in [-0.15, -0.1) is 0 Å². The van der Waals surface area contributed by atoms with Crippen molar-refractivity contribution >= 4 is 5.91 Å². The summed E-state index contributed by atoms with van der Waals surface area (Å²) >= 11 is 0. The van der Waals surface area contributed by atoms with Crippen LogP contribution < -0.4 is 5.32 Å². The van der Waals surface area contributed by atoms with Crippen LogP contribution in [0.25, 0.3) is 0 Å². The first-order chi connectivity index (χ1) is 5.34. The van der Waals surface area contributed by atoms with E-state index in [-0.39, 0.29) is 5.91 Å². The highest BCUT2D eigenvalue weighted by Crippen LogP contribution is 2.32. The van der Waals surface area contributed by atoms with Crippen molar-refractivity contribution in [2.45, 2.75) is 32.1 Å². The second-order valence-corrected chi connectivity index (χ2v) is 3.91. The van der Waals surface area contributed by atoms with Gasteiger partial charge in [-0.3, -0.25) is 4.79 Å². The lowest BCUT2D eigenvalue weighted by Gasteiger charge is -2.24. The Hall–Kier alpha value is -0.530. The maximum Gasteiger partial charge on any atom is 0.220 e. The molecule has 2 fully saturated rings. The smallest absolute Gasteiger partial charge is 0.220 e. The van der Waals surface area contributed by atoms with Gasteiger partial charge in [-0.1, -0.05) is 6.42 Å². The van der Waals surface area contributed by atoms with E-state index in [9.17, 15) is 4.79 Å². The van der Waals surface area contributed by atoms with E-state index in [1.165, 1.54) is 25.7 Å². The van der Waals surface area contributed by atoms with Crippen molar-refractivity contribution < 1.29 is 4.79 Å². The summed E-state index contributed by atoms with van der Waals surface area (Å²) in [5, 5.41) is 2.98. The van der Waals surface area contributed by atoms with Gasteiger partial charge in [0.05, 0.1) is 0 Å². The van der Waals surface area contributed by atoms with Crippen molar-refractivity contribution in [3.63, 3.8) is 0 Å². The minimum atomic E-state index is 0.277. The van der Waals surface area contributed by atoms with Crippen molar-refractivity contribution in [1.29, 1.82) is 0 Å². The molecule has 2 unspecified atom stereocenters. The molecule has 1 aliphatic carbocycles. The number of rotatable bonds is 0. The van der Waals surface area contributed by atoms with Crippen molar-refractivity contribution in [2.75, 3.05) is 6.54 Å². The molecule has 2 nitrogen and oxygen atoms in total. The number of carbonyl (C=O) groups is 1. The topological polar surface area (TPSA) is 29.1 Å². The summed E-state index contributed by atoms with van der Waals surface area (Å²) in [6.45, 7) is 0.940. The van der Waals surface area contributed by atoms with E-state index in [1.807, 2.05) is 0 Å². The molecule has 0 radical (unpaired) electrons. The Morgan fingerprint density at radius 2 is 2.09 bits per heavy atom. The summed E-state index contributed by atoms with van der Waals surface area (Å²) < 4.78 is 0. The molecule has 0 spiro atoms. The molecule has 1 saturated heterocycles. The third-order valence-corrected chi connectivity index (χ3v) is 2.95. The van der Waals surface area contributed by atoms with Crippen LogP contribution in [-0.4, -0.2) is 12.5 Å². The van der Waals surface area contributed by atoms with Gasteiger partial charge in [0.1, 0.15) is 0 Å². The van der Waals surface area contributed by atoms with Gasteiger partial charge in [0.15, 0.2) is 0 Å². The lowest BCUT2D eigenvalue weighted by atomic mass is 9.81. The molecule has 1 amide bonds. The molecule has 0 aromatic heterocycles. The molecule has 11 heavy (non-hydrogen) atoms. The minimum absolute atomic E-state index is 0.277.